The second-order valence-electron chi connectivity index (χ2n) is 8.05. The maximum Gasteiger partial charge on any atom is 0.194 e. The lowest BCUT2D eigenvalue weighted by atomic mass is 10.2. The lowest BCUT2D eigenvalue weighted by Gasteiger charge is -2.38. The molecule has 1 N–H and O–H groups in total. The van der Waals surface area contributed by atoms with Gasteiger partial charge in [-0.05, 0) is 31.9 Å². The SMILES string of the molecule is COc1cccc(N2CCN(C(=NCc3nnc(C)n3C)NCC3CCCO3)CC2)c1.I. The van der Waals surface area contributed by atoms with Crippen LogP contribution < -0.4 is 15.0 Å². The molecule has 2 aliphatic heterocycles. The first-order chi connectivity index (χ1) is 15.1. The van der Waals surface area contributed by atoms with Gasteiger partial charge in [-0.1, -0.05) is 6.07 Å². The Hall–Kier alpha value is -2.08. The fourth-order valence-electron chi connectivity index (χ4n) is 4.00. The third-order valence-electron chi connectivity index (χ3n) is 6.06. The molecule has 2 fully saturated rings. The number of aliphatic imine (C=N–C) groups is 1. The van der Waals surface area contributed by atoms with Crippen molar-refractivity contribution in [3.05, 3.63) is 35.9 Å². The first-order valence-corrected chi connectivity index (χ1v) is 11.0. The van der Waals surface area contributed by atoms with Gasteiger partial charge < -0.3 is 29.2 Å². The molecule has 9 nitrogen and oxygen atoms in total. The summed E-state index contributed by atoms with van der Waals surface area (Å²) in [6.45, 7) is 7.74. The molecule has 0 radical (unpaired) electrons. The molecule has 0 bridgehead atoms. The Balaban J connectivity index is 0.00000289. The molecule has 10 heteroatoms. The van der Waals surface area contributed by atoms with E-state index < -0.39 is 0 Å². The third-order valence-corrected chi connectivity index (χ3v) is 6.06. The molecule has 2 saturated heterocycles. The molecular formula is C22H34IN7O2. The predicted molar refractivity (Wildman–Crippen MR) is 136 cm³/mol. The third kappa shape index (κ3) is 6.03. The number of methoxy groups -OCH3 is 1. The van der Waals surface area contributed by atoms with Gasteiger partial charge in [0, 0.05) is 58.1 Å². The molecule has 4 rings (SSSR count). The van der Waals surface area contributed by atoms with Crippen molar-refractivity contribution >= 4 is 35.6 Å². The molecule has 0 aliphatic carbocycles. The van der Waals surface area contributed by atoms with Crippen molar-refractivity contribution in [2.75, 3.05) is 51.3 Å². The second-order valence-corrected chi connectivity index (χ2v) is 8.05. The molecule has 1 unspecified atom stereocenters. The van der Waals surface area contributed by atoms with Crippen LogP contribution in [0.4, 0.5) is 5.69 Å². The minimum Gasteiger partial charge on any atom is -0.497 e. The van der Waals surface area contributed by atoms with E-state index in [2.05, 4.69) is 37.4 Å². The Kier molecular flexibility index (Phi) is 8.97. The van der Waals surface area contributed by atoms with Crippen LogP contribution >= 0.6 is 24.0 Å². The van der Waals surface area contributed by atoms with Crippen LogP contribution in [0, 0.1) is 6.92 Å². The van der Waals surface area contributed by atoms with Gasteiger partial charge >= 0.3 is 0 Å². The highest BCUT2D eigenvalue weighted by atomic mass is 127. The van der Waals surface area contributed by atoms with Gasteiger partial charge in [-0.2, -0.15) is 0 Å². The Bertz CT molecular complexity index is 890. The standard InChI is InChI=1S/C22H33N7O2.HI/c1-17-25-26-21(27(17)2)16-24-22(23-15-20-8-5-13-31-20)29-11-9-28(10-12-29)18-6-4-7-19(14-18)30-3;/h4,6-7,14,20H,5,8-13,15-16H2,1-3H3,(H,23,24);1H. The lowest BCUT2D eigenvalue weighted by molar-refractivity contribution is 0.113. The summed E-state index contributed by atoms with van der Waals surface area (Å²) in [7, 11) is 3.69. The van der Waals surface area contributed by atoms with Gasteiger partial charge in [0.2, 0.25) is 0 Å². The predicted octanol–water partition coefficient (Wildman–Crippen LogP) is 2.20. The maximum atomic E-state index is 5.79. The molecule has 1 aromatic heterocycles. The Morgan fingerprint density at radius 2 is 2.06 bits per heavy atom. The minimum atomic E-state index is 0. The van der Waals surface area contributed by atoms with E-state index in [1.807, 2.05) is 30.7 Å². The average Bonchev–Trinajstić information content (AvgIpc) is 3.44. The summed E-state index contributed by atoms with van der Waals surface area (Å²) in [6.07, 6.45) is 2.50. The number of ether oxygens (including phenoxy) is 2. The van der Waals surface area contributed by atoms with E-state index in [9.17, 15) is 0 Å². The van der Waals surface area contributed by atoms with Crippen molar-refractivity contribution in [3.63, 3.8) is 0 Å². The van der Waals surface area contributed by atoms with Crippen molar-refractivity contribution in [3.8, 4) is 5.75 Å². The van der Waals surface area contributed by atoms with Crippen LogP contribution in [0.5, 0.6) is 5.75 Å². The van der Waals surface area contributed by atoms with Crippen molar-refractivity contribution in [1.82, 2.24) is 25.0 Å². The minimum absolute atomic E-state index is 0. The van der Waals surface area contributed by atoms with E-state index in [1.54, 1.807) is 7.11 Å². The summed E-state index contributed by atoms with van der Waals surface area (Å²) >= 11 is 0. The summed E-state index contributed by atoms with van der Waals surface area (Å²) < 4.78 is 13.2. The van der Waals surface area contributed by atoms with Crippen LogP contribution in [-0.2, 0) is 18.3 Å². The molecule has 2 aromatic rings. The lowest BCUT2D eigenvalue weighted by Crippen LogP contribution is -2.53. The summed E-state index contributed by atoms with van der Waals surface area (Å²) in [5.74, 6) is 3.57. The zero-order valence-corrected chi connectivity index (χ0v) is 21.5. The summed E-state index contributed by atoms with van der Waals surface area (Å²) in [6, 6.07) is 8.25. The first-order valence-electron chi connectivity index (χ1n) is 11.0. The van der Waals surface area contributed by atoms with E-state index in [4.69, 9.17) is 14.5 Å². The number of hydrogen-bond acceptors (Lipinski definition) is 6. The van der Waals surface area contributed by atoms with E-state index in [1.165, 1.54) is 5.69 Å². The molecule has 3 heterocycles. The van der Waals surface area contributed by atoms with Crippen LogP contribution in [0.2, 0.25) is 0 Å². The summed E-state index contributed by atoms with van der Waals surface area (Å²) in [4.78, 5) is 9.61. The quantitative estimate of drug-likeness (QED) is 0.333. The van der Waals surface area contributed by atoms with Crippen LogP contribution in [0.3, 0.4) is 0 Å². The number of rotatable bonds is 6. The highest BCUT2D eigenvalue weighted by Crippen LogP contribution is 2.22. The number of halogens is 1. The van der Waals surface area contributed by atoms with E-state index in [-0.39, 0.29) is 30.1 Å². The number of aryl methyl sites for hydroxylation is 1. The molecule has 0 spiro atoms. The van der Waals surface area contributed by atoms with Crippen LogP contribution in [0.15, 0.2) is 29.3 Å². The molecule has 1 aromatic carbocycles. The number of nitrogens with one attached hydrogen (secondary N) is 1. The number of guanidine groups is 1. The second kappa shape index (κ2) is 11.7. The van der Waals surface area contributed by atoms with Crippen LogP contribution in [0.25, 0.3) is 0 Å². The summed E-state index contributed by atoms with van der Waals surface area (Å²) in [5, 5.41) is 12.0. The number of piperazine rings is 1. The van der Waals surface area contributed by atoms with Gasteiger partial charge in [-0.3, -0.25) is 0 Å². The number of benzene rings is 1. The number of aromatic nitrogens is 3. The van der Waals surface area contributed by atoms with Crippen molar-refractivity contribution in [2.45, 2.75) is 32.4 Å². The van der Waals surface area contributed by atoms with Gasteiger partial charge in [0.25, 0.3) is 0 Å². The number of hydrogen-bond donors (Lipinski definition) is 1. The topological polar surface area (TPSA) is 80.0 Å². The highest BCUT2D eigenvalue weighted by molar-refractivity contribution is 14.0. The first kappa shape index (κ1) is 24.6. The van der Waals surface area contributed by atoms with E-state index in [0.717, 1.165) is 75.5 Å². The maximum absolute atomic E-state index is 5.79. The molecule has 2 aliphatic rings. The van der Waals surface area contributed by atoms with Crippen LogP contribution in [0.1, 0.15) is 24.5 Å². The fourth-order valence-corrected chi connectivity index (χ4v) is 4.00. The monoisotopic (exact) mass is 555 g/mol. The normalized spacial score (nSPS) is 19.1. The smallest absolute Gasteiger partial charge is 0.194 e. The van der Waals surface area contributed by atoms with Gasteiger partial charge in [0.1, 0.15) is 18.1 Å². The van der Waals surface area contributed by atoms with Crippen molar-refractivity contribution < 1.29 is 9.47 Å². The van der Waals surface area contributed by atoms with Gasteiger partial charge in [-0.15, -0.1) is 34.2 Å². The molecule has 176 valence electrons. The highest BCUT2D eigenvalue weighted by Gasteiger charge is 2.22. The zero-order valence-electron chi connectivity index (χ0n) is 19.2. The molecule has 0 saturated carbocycles. The van der Waals surface area contributed by atoms with Crippen LogP contribution in [-0.4, -0.2) is 78.2 Å². The molecule has 1 atom stereocenters. The van der Waals surface area contributed by atoms with Crippen molar-refractivity contribution in [1.29, 1.82) is 0 Å². The largest absolute Gasteiger partial charge is 0.497 e. The Morgan fingerprint density at radius 1 is 1.25 bits per heavy atom. The number of nitrogens with zero attached hydrogens (tertiary/aromatic N) is 6. The van der Waals surface area contributed by atoms with E-state index in [0.29, 0.717) is 6.54 Å². The zero-order chi connectivity index (χ0) is 21.6. The fraction of sp³-hybridized carbons (Fsp3) is 0.591. The Morgan fingerprint density at radius 3 is 2.72 bits per heavy atom. The number of anilines is 1. The Labute approximate surface area is 207 Å². The molecular weight excluding hydrogens is 521 g/mol. The van der Waals surface area contributed by atoms with Gasteiger partial charge in [-0.25, -0.2) is 4.99 Å². The summed E-state index contributed by atoms with van der Waals surface area (Å²) in [5.41, 5.74) is 1.19. The van der Waals surface area contributed by atoms with E-state index >= 15 is 0 Å². The van der Waals surface area contributed by atoms with Crippen molar-refractivity contribution in [2.24, 2.45) is 12.0 Å². The van der Waals surface area contributed by atoms with Gasteiger partial charge in [0.15, 0.2) is 11.8 Å². The molecule has 0 amide bonds. The average molecular weight is 555 g/mol. The van der Waals surface area contributed by atoms with Gasteiger partial charge in [0.05, 0.1) is 13.2 Å². The molecule has 32 heavy (non-hydrogen) atoms.